The van der Waals surface area contributed by atoms with Crippen LogP contribution in [0.3, 0.4) is 0 Å². The number of rotatable bonds is 1. The predicted octanol–water partition coefficient (Wildman–Crippen LogP) is 3.95. The molecule has 1 aromatic rings. The lowest BCUT2D eigenvalue weighted by molar-refractivity contribution is -0.138. The molecule has 0 radical (unpaired) electrons. The van der Waals surface area contributed by atoms with E-state index < -0.39 is 29.4 Å². The SMILES string of the molecule is Cc1c(C(F)F)ncc(I)c1C(F)(F)F. The lowest BCUT2D eigenvalue weighted by Gasteiger charge is -2.14. The zero-order valence-corrected chi connectivity index (χ0v) is 9.53. The Morgan fingerprint density at radius 3 is 2.27 bits per heavy atom. The maximum absolute atomic E-state index is 12.5. The van der Waals surface area contributed by atoms with Crippen molar-refractivity contribution < 1.29 is 22.0 Å². The summed E-state index contributed by atoms with van der Waals surface area (Å²) in [6, 6.07) is 0. The van der Waals surface area contributed by atoms with E-state index in [1.807, 2.05) is 0 Å². The van der Waals surface area contributed by atoms with Crippen molar-refractivity contribution in [1.82, 2.24) is 4.98 Å². The van der Waals surface area contributed by atoms with Crippen LogP contribution in [-0.4, -0.2) is 4.98 Å². The van der Waals surface area contributed by atoms with Gasteiger partial charge in [0.1, 0.15) is 5.69 Å². The zero-order valence-electron chi connectivity index (χ0n) is 7.37. The second-order valence-electron chi connectivity index (χ2n) is 2.79. The van der Waals surface area contributed by atoms with Crippen molar-refractivity contribution in [1.29, 1.82) is 0 Å². The van der Waals surface area contributed by atoms with Gasteiger partial charge in [0.15, 0.2) is 0 Å². The number of aromatic nitrogens is 1. The van der Waals surface area contributed by atoms with Crippen molar-refractivity contribution in [2.24, 2.45) is 0 Å². The summed E-state index contributed by atoms with van der Waals surface area (Å²) in [5, 5.41) is 0. The van der Waals surface area contributed by atoms with Gasteiger partial charge < -0.3 is 0 Å². The van der Waals surface area contributed by atoms with E-state index in [0.717, 1.165) is 13.1 Å². The van der Waals surface area contributed by atoms with Crippen molar-refractivity contribution in [2.75, 3.05) is 0 Å². The molecule has 0 bridgehead atoms. The Bertz CT molecular complexity index is 374. The summed E-state index contributed by atoms with van der Waals surface area (Å²) in [4.78, 5) is 3.29. The highest BCUT2D eigenvalue weighted by atomic mass is 127. The number of halogens is 6. The van der Waals surface area contributed by atoms with E-state index >= 15 is 0 Å². The van der Waals surface area contributed by atoms with E-state index in [9.17, 15) is 22.0 Å². The largest absolute Gasteiger partial charge is 0.417 e. The average Bonchev–Trinajstić information content (AvgIpc) is 2.00. The molecule has 0 spiro atoms. The summed E-state index contributed by atoms with van der Waals surface area (Å²) in [7, 11) is 0. The van der Waals surface area contributed by atoms with Gasteiger partial charge in [-0.1, -0.05) is 0 Å². The second-order valence-corrected chi connectivity index (χ2v) is 3.95. The molecule has 0 amide bonds. The Hall–Kier alpha value is -0.470. The molecule has 0 aromatic carbocycles. The van der Waals surface area contributed by atoms with Crippen LogP contribution in [0.4, 0.5) is 22.0 Å². The van der Waals surface area contributed by atoms with E-state index in [-0.39, 0.29) is 3.57 Å². The van der Waals surface area contributed by atoms with Gasteiger partial charge in [0.2, 0.25) is 0 Å². The fourth-order valence-corrected chi connectivity index (χ4v) is 2.01. The summed E-state index contributed by atoms with van der Waals surface area (Å²) in [5.41, 5.74) is -2.36. The third-order valence-corrected chi connectivity index (χ3v) is 2.62. The number of alkyl halides is 5. The van der Waals surface area contributed by atoms with Gasteiger partial charge in [-0.25, -0.2) is 8.78 Å². The van der Waals surface area contributed by atoms with Crippen LogP contribution in [0.2, 0.25) is 0 Å². The molecule has 0 atom stereocenters. The van der Waals surface area contributed by atoms with Crippen LogP contribution in [0, 0.1) is 10.5 Å². The van der Waals surface area contributed by atoms with Gasteiger partial charge in [-0.05, 0) is 35.1 Å². The smallest absolute Gasteiger partial charge is 0.254 e. The molecule has 1 aromatic heterocycles. The molecule has 0 aliphatic heterocycles. The highest BCUT2D eigenvalue weighted by molar-refractivity contribution is 14.1. The quantitative estimate of drug-likeness (QED) is 0.559. The molecule has 0 saturated heterocycles. The molecule has 0 aliphatic rings. The Kier molecular flexibility index (Phi) is 3.51. The monoisotopic (exact) mass is 337 g/mol. The molecule has 0 N–H and O–H groups in total. The Balaban J connectivity index is 3.44. The molecule has 0 saturated carbocycles. The minimum Gasteiger partial charge on any atom is -0.254 e. The standard InChI is InChI=1S/C8H5F5IN/c1-3-5(8(11,12)13)4(14)2-15-6(3)7(9)10/h2,7H,1H3. The van der Waals surface area contributed by atoms with Crippen LogP contribution in [0.5, 0.6) is 0 Å². The molecule has 15 heavy (non-hydrogen) atoms. The van der Waals surface area contributed by atoms with Gasteiger partial charge in [0.25, 0.3) is 6.43 Å². The molecule has 0 aliphatic carbocycles. The maximum Gasteiger partial charge on any atom is 0.417 e. The molecule has 1 rings (SSSR count). The highest BCUT2D eigenvalue weighted by Crippen LogP contribution is 2.37. The first-order valence-corrected chi connectivity index (χ1v) is 4.83. The first kappa shape index (κ1) is 12.6. The van der Waals surface area contributed by atoms with Crippen LogP contribution in [0.1, 0.15) is 23.2 Å². The van der Waals surface area contributed by atoms with E-state index in [0.29, 0.717) is 0 Å². The summed E-state index contributed by atoms with van der Waals surface area (Å²) in [6.07, 6.45) is -6.83. The van der Waals surface area contributed by atoms with Gasteiger partial charge in [0.05, 0.1) is 5.56 Å². The van der Waals surface area contributed by atoms with Crippen LogP contribution in [-0.2, 0) is 6.18 Å². The summed E-state index contributed by atoms with van der Waals surface area (Å²) < 4.78 is 61.8. The molecular weight excluding hydrogens is 332 g/mol. The van der Waals surface area contributed by atoms with Crippen LogP contribution in [0.15, 0.2) is 6.20 Å². The third kappa shape index (κ3) is 2.56. The molecule has 1 heterocycles. The van der Waals surface area contributed by atoms with Crippen LogP contribution in [0.25, 0.3) is 0 Å². The fraction of sp³-hybridized carbons (Fsp3) is 0.375. The highest BCUT2D eigenvalue weighted by Gasteiger charge is 2.36. The van der Waals surface area contributed by atoms with Gasteiger partial charge in [-0.15, -0.1) is 0 Å². The van der Waals surface area contributed by atoms with Gasteiger partial charge in [-0.3, -0.25) is 4.98 Å². The lowest BCUT2D eigenvalue weighted by atomic mass is 10.1. The predicted molar refractivity (Wildman–Crippen MR) is 51.7 cm³/mol. The van der Waals surface area contributed by atoms with E-state index in [1.165, 1.54) is 22.6 Å². The maximum atomic E-state index is 12.5. The summed E-state index contributed by atoms with van der Waals surface area (Å²) >= 11 is 1.42. The normalized spacial score (nSPS) is 12.3. The van der Waals surface area contributed by atoms with Crippen molar-refractivity contribution in [3.63, 3.8) is 0 Å². The zero-order chi connectivity index (χ0) is 11.8. The Morgan fingerprint density at radius 1 is 1.33 bits per heavy atom. The van der Waals surface area contributed by atoms with Crippen molar-refractivity contribution in [3.05, 3.63) is 26.6 Å². The molecule has 0 unspecified atom stereocenters. The van der Waals surface area contributed by atoms with E-state index in [2.05, 4.69) is 4.98 Å². The number of pyridine rings is 1. The Labute approximate surface area is 95.8 Å². The topological polar surface area (TPSA) is 12.9 Å². The van der Waals surface area contributed by atoms with Gasteiger partial charge in [-0.2, -0.15) is 13.2 Å². The average molecular weight is 337 g/mol. The van der Waals surface area contributed by atoms with Gasteiger partial charge in [0, 0.05) is 9.77 Å². The molecule has 1 nitrogen and oxygen atoms in total. The first-order valence-electron chi connectivity index (χ1n) is 3.75. The fourth-order valence-electron chi connectivity index (χ4n) is 1.16. The molecule has 84 valence electrons. The number of hydrogen-bond acceptors (Lipinski definition) is 1. The molecule has 0 fully saturated rings. The number of hydrogen-bond donors (Lipinski definition) is 0. The van der Waals surface area contributed by atoms with Crippen molar-refractivity contribution >= 4 is 22.6 Å². The minimum absolute atomic E-state index is 0.179. The molecule has 7 heteroatoms. The third-order valence-electron chi connectivity index (χ3n) is 1.81. The number of nitrogens with zero attached hydrogens (tertiary/aromatic N) is 1. The van der Waals surface area contributed by atoms with Crippen LogP contribution < -0.4 is 0 Å². The van der Waals surface area contributed by atoms with Crippen molar-refractivity contribution in [3.8, 4) is 0 Å². The lowest BCUT2D eigenvalue weighted by Crippen LogP contribution is -2.13. The summed E-state index contributed by atoms with van der Waals surface area (Å²) in [5.74, 6) is 0. The van der Waals surface area contributed by atoms with E-state index in [1.54, 1.807) is 0 Å². The van der Waals surface area contributed by atoms with Crippen molar-refractivity contribution in [2.45, 2.75) is 19.5 Å². The van der Waals surface area contributed by atoms with E-state index in [4.69, 9.17) is 0 Å². The van der Waals surface area contributed by atoms with Gasteiger partial charge >= 0.3 is 6.18 Å². The first-order chi connectivity index (χ1) is 6.75. The summed E-state index contributed by atoms with van der Waals surface area (Å²) in [6.45, 7) is 0.999. The molecular formula is C8H5F5IN. The minimum atomic E-state index is -4.63. The second kappa shape index (κ2) is 4.18. The van der Waals surface area contributed by atoms with Crippen LogP contribution >= 0.6 is 22.6 Å². The Morgan fingerprint density at radius 2 is 1.87 bits per heavy atom.